The van der Waals surface area contributed by atoms with Crippen LogP contribution in [-0.4, -0.2) is 22.7 Å². The lowest BCUT2D eigenvalue weighted by molar-refractivity contribution is -0.121. The first kappa shape index (κ1) is 19.6. The molecule has 29 heavy (non-hydrogen) atoms. The summed E-state index contributed by atoms with van der Waals surface area (Å²) in [4.78, 5) is 41.7. The number of hydrogen-bond acceptors (Lipinski definition) is 5. The number of amides is 3. The van der Waals surface area contributed by atoms with E-state index in [1.165, 1.54) is 11.3 Å². The molecule has 1 N–H and O–H groups in total. The minimum Gasteiger partial charge on any atom is -0.298 e. The normalized spacial score (nSPS) is 13.8. The number of anilines is 2. The van der Waals surface area contributed by atoms with Crippen LogP contribution in [0, 0.1) is 0 Å². The van der Waals surface area contributed by atoms with Gasteiger partial charge in [0, 0.05) is 34.4 Å². The summed E-state index contributed by atoms with van der Waals surface area (Å²) < 4.78 is 0. The van der Waals surface area contributed by atoms with E-state index in [1.54, 1.807) is 47.8 Å². The van der Waals surface area contributed by atoms with Crippen molar-refractivity contribution in [2.24, 2.45) is 0 Å². The lowest BCUT2D eigenvalue weighted by atomic mass is 10.2. The third kappa shape index (κ3) is 4.03. The Morgan fingerprint density at radius 1 is 1.03 bits per heavy atom. The molecule has 1 fully saturated rings. The van der Waals surface area contributed by atoms with Gasteiger partial charge in [-0.2, -0.15) is 0 Å². The van der Waals surface area contributed by atoms with Gasteiger partial charge in [0.2, 0.25) is 11.8 Å². The second kappa shape index (κ2) is 7.94. The first-order valence-corrected chi connectivity index (χ1v) is 10.2. The first-order chi connectivity index (χ1) is 13.9. The molecule has 0 bridgehead atoms. The van der Waals surface area contributed by atoms with Gasteiger partial charge in [0.05, 0.1) is 16.4 Å². The summed E-state index contributed by atoms with van der Waals surface area (Å²) >= 11 is 13.5. The van der Waals surface area contributed by atoms with Gasteiger partial charge in [-0.25, -0.2) is 4.98 Å². The highest BCUT2D eigenvalue weighted by molar-refractivity contribution is 7.14. The molecule has 4 rings (SSSR count). The molecule has 1 aliphatic rings. The molecule has 2 aromatic carbocycles. The second-order valence-electron chi connectivity index (χ2n) is 6.29. The fourth-order valence-electron chi connectivity index (χ4n) is 2.94. The Kier molecular flexibility index (Phi) is 5.36. The SMILES string of the molecule is O=C(Nc1nc(-c2cc(Cl)ccc2Cl)cs1)c1ccc(N2C(=O)CCC2=O)cc1. The summed E-state index contributed by atoms with van der Waals surface area (Å²) in [6, 6.07) is 11.4. The van der Waals surface area contributed by atoms with Gasteiger partial charge in [-0.1, -0.05) is 23.2 Å². The third-order valence-electron chi connectivity index (χ3n) is 4.37. The van der Waals surface area contributed by atoms with Crippen molar-refractivity contribution in [1.82, 2.24) is 4.98 Å². The molecule has 0 spiro atoms. The van der Waals surface area contributed by atoms with E-state index in [2.05, 4.69) is 10.3 Å². The summed E-state index contributed by atoms with van der Waals surface area (Å²) in [5.41, 5.74) is 2.13. The van der Waals surface area contributed by atoms with E-state index in [-0.39, 0.29) is 30.6 Å². The number of nitrogens with one attached hydrogen (secondary N) is 1. The van der Waals surface area contributed by atoms with E-state index in [9.17, 15) is 14.4 Å². The Bertz CT molecular complexity index is 1110. The van der Waals surface area contributed by atoms with E-state index in [4.69, 9.17) is 23.2 Å². The maximum atomic E-state index is 12.5. The highest BCUT2D eigenvalue weighted by Crippen LogP contribution is 2.32. The second-order valence-corrected chi connectivity index (χ2v) is 7.99. The third-order valence-corrected chi connectivity index (χ3v) is 5.69. The zero-order valence-electron chi connectivity index (χ0n) is 14.8. The summed E-state index contributed by atoms with van der Waals surface area (Å²) in [6.07, 6.45) is 0.425. The van der Waals surface area contributed by atoms with Gasteiger partial charge in [-0.15, -0.1) is 11.3 Å². The number of carbonyl (C=O) groups excluding carboxylic acids is 3. The minimum absolute atomic E-state index is 0.212. The Morgan fingerprint density at radius 2 is 1.72 bits per heavy atom. The number of benzene rings is 2. The molecule has 1 saturated heterocycles. The predicted octanol–water partition coefficient (Wildman–Crippen LogP) is 5.02. The largest absolute Gasteiger partial charge is 0.298 e. The molecule has 0 aliphatic carbocycles. The van der Waals surface area contributed by atoms with Crippen LogP contribution in [0.25, 0.3) is 11.3 Å². The summed E-state index contributed by atoms with van der Waals surface area (Å²) in [7, 11) is 0. The van der Waals surface area contributed by atoms with Gasteiger partial charge >= 0.3 is 0 Å². The number of imide groups is 1. The molecule has 9 heteroatoms. The molecular formula is C20H13Cl2N3O3S. The number of thiazole rings is 1. The van der Waals surface area contributed by atoms with Gasteiger partial charge in [0.25, 0.3) is 5.91 Å². The molecule has 1 aromatic heterocycles. The van der Waals surface area contributed by atoms with E-state index < -0.39 is 0 Å². The van der Waals surface area contributed by atoms with Gasteiger partial charge in [0.15, 0.2) is 5.13 Å². The van der Waals surface area contributed by atoms with Crippen molar-refractivity contribution in [3.63, 3.8) is 0 Å². The molecule has 0 saturated carbocycles. The molecule has 2 heterocycles. The van der Waals surface area contributed by atoms with Crippen LogP contribution in [0.1, 0.15) is 23.2 Å². The smallest absolute Gasteiger partial charge is 0.257 e. The molecule has 6 nitrogen and oxygen atoms in total. The van der Waals surface area contributed by atoms with Gasteiger partial charge in [0.1, 0.15) is 0 Å². The summed E-state index contributed by atoms with van der Waals surface area (Å²) in [6.45, 7) is 0. The molecular weight excluding hydrogens is 433 g/mol. The fraction of sp³-hybridized carbons (Fsp3) is 0.100. The maximum absolute atomic E-state index is 12.5. The highest BCUT2D eigenvalue weighted by Gasteiger charge is 2.30. The van der Waals surface area contributed by atoms with Crippen molar-refractivity contribution in [3.05, 3.63) is 63.5 Å². The quantitative estimate of drug-likeness (QED) is 0.571. The molecule has 0 atom stereocenters. The number of carbonyl (C=O) groups is 3. The van der Waals surface area contributed by atoms with Crippen LogP contribution in [-0.2, 0) is 9.59 Å². The van der Waals surface area contributed by atoms with Crippen LogP contribution in [0.15, 0.2) is 47.8 Å². The number of aromatic nitrogens is 1. The van der Waals surface area contributed by atoms with Gasteiger partial charge in [-0.3, -0.25) is 24.6 Å². The Balaban J connectivity index is 1.49. The van der Waals surface area contributed by atoms with Crippen molar-refractivity contribution in [2.75, 3.05) is 10.2 Å². The summed E-state index contributed by atoms with van der Waals surface area (Å²) in [5, 5.41) is 5.98. The zero-order chi connectivity index (χ0) is 20.5. The van der Waals surface area contributed by atoms with Crippen molar-refractivity contribution < 1.29 is 14.4 Å². The molecule has 1 aliphatic heterocycles. The topological polar surface area (TPSA) is 79.4 Å². The lowest BCUT2D eigenvalue weighted by Gasteiger charge is -2.13. The number of rotatable bonds is 4. The van der Waals surface area contributed by atoms with Crippen LogP contribution in [0.3, 0.4) is 0 Å². The van der Waals surface area contributed by atoms with Crippen LogP contribution in [0.5, 0.6) is 0 Å². The molecule has 0 unspecified atom stereocenters. The van der Waals surface area contributed by atoms with E-state index >= 15 is 0 Å². The van der Waals surface area contributed by atoms with Crippen molar-refractivity contribution in [1.29, 1.82) is 0 Å². The Labute approximate surface area is 180 Å². The van der Waals surface area contributed by atoms with E-state index in [0.29, 0.717) is 37.7 Å². The van der Waals surface area contributed by atoms with E-state index in [1.807, 2.05) is 0 Å². The number of halogens is 2. The van der Waals surface area contributed by atoms with Gasteiger partial charge < -0.3 is 0 Å². The zero-order valence-corrected chi connectivity index (χ0v) is 17.1. The van der Waals surface area contributed by atoms with Crippen LogP contribution < -0.4 is 10.2 Å². The van der Waals surface area contributed by atoms with Crippen LogP contribution >= 0.6 is 34.5 Å². The molecule has 3 amide bonds. The van der Waals surface area contributed by atoms with Gasteiger partial charge in [-0.05, 0) is 42.5 Å². The van der Waals surface area contributed by atoms with E-state index in [0.717, 1.165) is 4.90 Å². The lowest BCUT2D eigenvalue weighted by Crippen LogP contribution is -2.28. The molecule has 0 radical (unpaired) electrons. The monoisotopic (exact) mass is 445 g/mol. The first-order valence-electron chi connectivity index (χ1n) is 8.60. The standard InChI is InChI=1S/C20H13Cl2N3O3S/c21-12-3-6-15(22)14(9-12)16-10-29-20(23-16)24-19(28)11-1-4-13(5-2-11)25-17(26)7-8-18(25)27/h1-6,9-10H,7-8H2,(H,23,24,28). The number of hydrogen-bond donors (Lipinski definition) is 1. The highest BCUT2D eigenvalue weighted by atomic mass is 35.5. The predicted molar refractivity (Wildman–Crippen MR) is 114 cm³/mol. The Morgan fingerprint density at radius 3 is 2.41 bits per heavy atom. The van der Waals surface area contributed by atoms with Crippen LogP contribution in [0.2, 0.25) is 10.0 Å². The van der Waals surface area contributed by atoms with Crippen LogP contribution in [0.4, 0.5) is 10.8 Å². The molecule has 146 valence electrons. The van der Waals surface area contributed by atoms with Crippen molar-refractivity contribution >= 4 is 63.1 Å². The Hall–Kier alpha value is -2.74. The van der Waals surface area contributed by atoms with Crippen molar-refractivity contribution in [2.45, 2.75) is 12.8 Å². The average molecular weight is 446 g/mol. The average Bonchev–Trinajstić information content (AvgIpc) is 3.30. The molecule has 3 aromatic rings. The number of nitrogens with zero attached hydrogens (tertiary/aromatic N) is 2. The minimum atomic E-state index is -0.353. The summed E-state index contributed by atoms with van der Waals surface area (Å²) in [5.74, 6) is -0.821. The fourth-order valence-corrected chi connectivity index (χ4v) is 4.04. The maximum Gasteiger partial charge on any atom is 0.257 e. The van der Waals surface area contributed by atoms with Crippen molar-refractivity contribution in [3.8, 4) is 11.3 Å².